The van der Waals surface area contributed by atoms with E-state index in [0.29, 0.717) is 11.3 Å². The van der Waals surface area contributed by atoms with Gasteiger partial charge in [0.1, 0.15) is 11.6 Å². The van der Waals surface area contributed by atoms with E-state index >= 15 is 0 Å². The molecule has 126 valence electrons. The molecule has 0 atom stereocenters. The summed E-state index contributed by atoms with van der Waals surface area (Å²) in [5, 5.41) is 2.50. The molecular formula is C18H19FN2O3. The number of rotatable bonds is 4. The second kappa shape index (κ2) is 7.12. The van der Waals surface area contributed by atoms with Gasteiger partial charge in [-0.1, -0.05) is 6.07 Å². The molecule has 0 aliphatic carbocycles. The summed E-state index contributed by atoms with van der Waals surface area (Å²) in [6, 6.07) is 8.92. The van der Waals surface area contributed by atoms with Crippen LogP contribution in [-0.2, 0) is 0 Å². The lowest BCUT2D eigenvalue weighted by Gasteiger charge is -2.12. The van der Waals surface area contributed by atoms with Gasteiger partial charge in [-0.25, -0.2) is 4.39 Å². The van der Waals surface area contributed by atoms with Gasteiger partial charge in [-0.15, -0.1) is 0 Å². The predicted molar refractivity (Wildman–Crippen MR) is 90.1 cm³/mol. The lowest BCUT2D eigenvalue weighted by atomic mass is 10.1. The minimum absolute atomic E-state index is 0.00912. The van der Waals surface area contributed by atoms with E-state index in [1.807, 2.05) is 6.92 Å². The number of hydrogen-bond acceptors (Lipinski definition) is 3. The zero-order valence-corrected chi connectivity index (χ0v) is 14.0. The maximum absolute atomic E-state index is 14.1. The first-order valence-corrected chi connectivity index (χ1v) is 7.30. The molecule has 2 rings (SSSR count). The lowest BCUT2D eigenvalue weighted by molar-refractivity contribution is 0.0827. The molecule has 2 aromatic carbocycles. The van der Waals surface area contributed by atoms with Crippen LogP contribution in [0.5, 0.6) is 5.75 Å². The molecule has 6 heteroatoms. The summed E-state index contributed by atoms with van der Waals surface area (Å²) < 4.78 is 19.3. The fraction of sp³-hybridized carbons (Fsp3) is 0.222. The van der Waals surface area contributed by atoms with Crippen LogP contribution in [0, 0.1) is 12.7 Å². The van der Waals surface area contributed by atoms with Gasteiger partial charge in [0.2, 0.25) is 0 Å². The van der Waals surface area contributed by atoms with Crippen molar-refractivity contribution in [2.24, 2.45) is 0 Å². The lowest BCUT2D eigenvalue weighted by Crippen LogP contribution is -2.22. The summed E-state index contributed by atoms with van der Waals surface area (Å²) in [5.41, 5.74) is 1.47. The molecular weight excluding hydrogens is 311 g/mol. The van der Waals surface area contributed by atoms with Gasteiger partial charge < -0.3 is 15.0 Å². The highest BCUT2D eigenvalue weighted by Crippen LogP contribution is 2.21. The first-order chi connectivity index (χ1) is 11.3. The van der Waals surface area contributed by atoms with Gasteiger partial charge in [0.15, 0.2) is 0 Å². The van der Waals surface area contributed by atoms with E-state index in [1.165, 1.54) is 24.1 Å². The van der Waals surface area contributed by atoms with Gasteiger partial charge in [0, 0.05) is 25.2 Å². The zero-order chi connectivity index (χ0) is 17.9. The van der Waals surface area contributed by atoms with Crippen molar-refractivity contribution < 1.29 is 18.7 Å². The fourth-order valence-electron chi connectivity index (χ4n) is 2.16. The van der Waals surface area contributed by atoms with Gasteiger partial charge >= 0.3 is 0 Å². The molecule has 0 unspecified atom stereocenters. The van der Waals surface area contributed by atoms with Crippen LogP contribution in [0.2, 0.25) is 0 Å². The number of carbonyl (C=O) groups is 2. The number of hydrogen-bond donors (Lipinski definition) is 1. The molecule has 0 spiro atoms. The van der Waals surface area contributed by atoms with Crippen molar-refractivity contribution in [3.8, 4) is 5.75 Å². The maximum atomic E-state index is 14.1. The third kappa shape index (κ3) is 3.71. The average molecular weight is 330 g/mol. The van der Waals surface area contributed by atoms with Crippen molar-refractivity contribution in [1.82, 2.24) is 4.90 Å². The Bertz CT molecular complexity index is 788. The second-order valence-corrected chi connectivity index (χ2v) is 5.53. The molecule has 1 N–H and O–H groups in total. The molecule has 0 aromatic heterocycles. The van der Waals surface area contributed by atoms with Crippen molar-refractivity contribution in [1.29, 1.82) is 0 Å². The first kappa shape index (κ1) is 17.5. The van der Waals surface area contributed by atoms with E-state index in [9.17, 15) is 14.0 Å². The maximum Gasteiger partial charge on any atom is 0.255 e. The third-order valence-electron chi connectivity index (χ3n) is 3.54. The predicted octanol–water partition coefficient (Wildman–Crippen LogP) is 3.10. The Balaban J connectivity index is 2.22. The number of nitrogens with zero attached hydrogens (tertiary/aromatic N) is 1. The van der Waals surface area contributed by atoms with Crippen molar-refractivity contribution in [3.05, 3.63) is 58.9 Å². The molecule has 24 heavy (non-hydrogen) atoms. The van der Waals surface area contributed by atoms with Crippen LogP contribution in [0.15, 0.2) is 36.4 Å². The number of carbonyl (C=O) groups excluding carboxylic acids is 2. The summed E-state index contributed by atoms with van der Waals surface area (Å²) in [6.45, 7) is 1.86. The molecule has 5 nitrogen and oxygen atoms in total. The molecule has 0 heterocycles. The first-order valence-electron chi connectivity index (χ1n) is 7.30. The van der Waals surface area contributed by atoms with Gasteiger partial charge in [-0.05, 0) is 42.8 Å². The second-order valence-electron chi connectivity index (χ2n) is 5.53. The monoisotopic (exact) mass is 330 g/mol. The summed E-state index contributed by atoms with van der Waals surface area (Å²) in [5.74, 6) is -0.862. The highest BCUT2D eigenvalue weighted by Gasteiger charge is 2.14. The smallest absolute Gasteiger partial charge is 0.255 e. The number of halogens is 1. The van der Waals surface area contributed by atoms with E-state index < -0.39 is 11.7 Å². The topological polar surface area (TPSA) is 58.6 Å². The Hall–Kier alpha value is -2.89. The van der Waals surface area contributed by atoms with Gasteiger partial charge in [-0.2, -0.15) is 0 Å². The summed E-state index contributed by atoms with van der Waals surface area (Å²) >= 11 is 0. The molecule has 2 amide bonds. The Morgan fingerprint density at radius 2 is 1.75 bits per heavy atom. The van der Waals surface area contributed by atoms with Crippen LogP contribution in [0.25, 0.3) is 0 Å². The number of ether oxygens (including phenoxy) is 1. The Labute approximate surface area is 140 Å². The zero-order valence-electron chi connectivity index (χ0n) is 14.0. The van der Waals surface area contributed by atoms with E-state index in [4.69, 9.17) is 4.74 Å². The summed E-state index contributed by atoms with van der Waals surface area (Å²) in [7, 11) is 4.69. The average Bonchev–Trinajstić information content (AvgIpc) is 2.56. The van der Waals surface area contributed by atoms with E-state index in [1.54, 1.807) is 32.3 Å². The van der Waals surface area contributed by atoms with E-state index in [2.05, 4.69) is 5.32 Å². The van der Waals surface area contributed by atoms with Crippen molar-refractivity contribution >= 4 is 17.5 Å². The standard InChI is InChI=1S/C18H19FN2O3/c1-11-5-6-12(10-16(11)24-4)17(22)20-15-8-7-13(9-14(15)19)18(23)21(2)3/h5-10H,1-4H3,(H,20,22). The summed E-state index contributed by atoms with van der Waals surface area (Å²) in [4.78, 5) is 25.4. The van der Waals surface area contributed by atoms with Gasteiger partial charge in [-0.3, -0.25) is 9.59 Å². The number of anilines is 1. The normalized spacial score (nSPS) is 10.2. The van der Waals surface area contributed by atoms with E-state index in [0.717, 1.165) is 11.6 Å². The largest absolute Gasteiger partial charge is 0.496 e. The Morgan fingerprint density at radius 3 is 2.33 bits per heavy atom. The van der Waals surface area contributed by atoms with Crippen LogP contribution >= 0.6 is 0 Å². The molecule has 2 aromatic rings. The van der Waals surface area contributed by atoms with Crippen molar-refractivity contribution in [2.45, 2.75) is 6.92 Å². The molecule has 0 saturated carbocycles. The van der Waals surface area contributed by atoms with Gasteiger partial charge in [0.25, 0.3) is 11.8 Å². The molecule has 0 fully saturated rings. The quantitative estimate of drug-likeness (QED) is 0.937. The van der Waals surface area contributed by atoms with Crippen LogP contribution in [-0.4, -0.2) is 37.9 Å². The van der Waals surface area contributed by atoms with Crippen molar-refractivity contribution in [3.63, 3.8) is 0 Å². The SMILES string of the molecule is COc1cc(C(=O)Nc2ccc(C(=O)N(C)C)cc2F)ccc1C. The highest BCUT2D eigenvalue weighted by atomic mass is 19.1. The fourth-order valence-corrected chi connectivity index (χ4v) is 2.16. The number of amides is 2. The Morgan fingerprint density at radius 1 is 1.08 bits per heavy atom. The molecule has 0 aliphatic rings. The number of benzene rings is 2. The van der Waals surface area contributed by atoms with Crippen LogP contribution in [0.4, 0.5) is 10.1 Å². The molecule has 0 aliphatic heterocycles. The van der Waals surface area contributed by atoms with Crippen molar-refractivity contribution in [2.75, 3.05) is 26.5 Å². The number of methoxy groups -OCH3 is 1. The van der Waals surface area contributed by atoms with Gasteiger partial charge in [0.05, 0.1) is 12.8 Å². The number of aryl methyl sites for hydroxylation is 1. The minimum Gasteiger partial charge on any atom is -0.496 e. The molecule has 0 saturated heterocycles. The van der Waals surface area contributed by atoms with Crippen LogP contribution in [0.3, 0.4) is 0 Å². The minimum atomic E-state index is -0.671. The number of nitrogens with one attached hydrogen (secondary N) is 1. The highest BCUT2D eigenvalue weighted by molar-refractivity contribution is 6.05. The van der Waals surface area contributed by atoms with Crippen LogP contribution in [0.1, 0.15) is 26.3 Å². The van der Waals surface area contributed by atoms with E-state index in [-0.39, 0.29) is 17.2 Å². The molecule has 0 radical (unpaired) electrons. The summed E-state index contributed by atoms with van der Waals surface area (Å²) in [6.07, 6.45) is 0. The Kier molecular flexibility index (Phi) is 5.18. The molecule has 0 bridgehead atoms. The van der Waals surface area contributed by atoms with Crippen LogP contribution < -0.4 is 10.1 Å². The third-order valence-corrected chi connectivity index (χ3v) is 3.54.